The Morgan fingerprint density at radius 1 is 0.660 bits per heavy atom. The molecule has 4 aromatic rings. The van der Waals surface area contributed by atoms with Crippen LogP contribution < -0.4 is 0 Å². The van der Waals surface area contributed by atoms with Crippen molar-refractivity contribution in [1.29, 1.82) is 0 Å². The van der Waals surface area contributed by atoms with Crippen LogP contribution in [0.3, 0.4) is 0 Å². The molecule has 3 nitrogen and oxygen atoms in total. The number of hydrogen-bond acceptors (Lipinski definition) is 5. The van der Waals surface area contributed by atoms with Gasteiger partial charge in [-0.3, -0.25) is 9.80 Å². The Bertz CT molecular complexity index is 1750. The first-order valence-corrected chi connectivity index (χ1v) is 18.6. The van der Waals surface area contributed by atoms with Crippen LogP contribution in [0.5, 0.6) is 0 Å². The zero-order valence-electron chi connectivity index (χ0n) is 27.8. The summed E-state index contributed by atoms with van der Waals surface area (Å²) in [4.78, 5) is 9.58. The second-order valence-corrected chi connectivity index (χ2v) is 15.9. The summed E-state index contributed by atoms with van der Waals surface area (Å²) in [5, 5.41) is 0. The van der Waals surface area contributed by atoms with E-state index < -0.39 is 0 Å². The van der Waals surface area contributed by atoms with E-state index in [0.717, 1.165) is 65.8 Å². The monoisotopic (exact) mass is 670 g/mol. The molecular weight excluding hydrogens is 627 g/mol. The SMILES string of the molecule is CC(C)c1ccc2c(c1)[C@H](N1CCN(CCO[C@@H]3Cc4ccc(F)cc4Sc4ccc(C(C)C)cc43)CC1)Cc1ccc(F)cc1S2. The summed E-state index contributed by atoms with van der Waals surface area (Å²) in [5.41, 5.74) is 7.62. The van der Waals surface area contributed by atoms with Gasteiger partial charge in [-0.25, -0.2) is 8.78 Å². The summed E-state index contributed by atoms with van der Waals surface area (Å²) >= 11 is 3.37. The molecule has 7 rings (SSSR count). The highest BCUT2D eigenvalue weighted by molar-refractivity contribution is 7.99. The number of hydrogen-bond donors (Lipinski definition) is 0. The van der Waals surface area contributed by atoms with Crippen LogP contribution in [0.4, 0.5) is 8.78 Å². The van der Waals surface area contributed by atoms with E-state index in [4.69, 9.17) is 4.74 Å². The van der Waals surface area contributed by atoms with E-state index in [1.54, 1.807) is 47.8 Å². The van der Waals surface area contributed by atoms with E-state index in [2.05, 4.69) is 73.9 Å². The van der Waals surface area contributed by atoms with Gasteiger partial charge in [0.05, 0.1) is 12.7 Å². The highest BCUT2D eigenvalue weighted by atomic mass is 32.2. The predicted octanol–water partition coefficient (Wildman–Crippen LogP) is 10.0. The smallest absolute Gasteiger partial charge is 0.124 e. The normalized spacial score (nSPS) is 19.9. The average molecular weight is 671 g/mol. The van der Waals surface area contributed by atoms with E-state index in [1.807, 2.05) is 12.1 Å². The standard InChI is InChI=1S/C40H44F2N2OS2/c1-25(2)27-7-11-37-33(19-27)35(21-29-5-9-31(41)23-39(29)46-37)44-15-13-43(14-16-44)17-18-45-36-22-30-6-10-32(42)24-40(30)47-38-12-8-28(26(3)4)20-34(36)38/h5-12,19-20,23-26,35-36H,13-18,21-22H2,1-4H3/t35-,36-/m1/s1. The van der Waals surface area contributed by atoms with Crippen LogP contribution in [0.15, 0.2) is 92.4 Å². The minimum absolute atomic E-state index is 0.0655. The Hall–Kier alpha value is -2.68. The third-order valence-corrected chi connectivity index (χ3v) is 12.4. The van der Waals surface area contributed by atoms with Crippen molar-refractivity contribution < 1.29 is 13.5 Å². The molecule has 0 N–H and O–H groups in total. The zero-order chi connectivity index (χ0) is 32.7. The molecule has 0 bridgehead atoms. The largest absolute Gasteiger partial charge is 0.372 e. The van der Waals surface area contributed by atoms with Crippen LogP contribution >= 0.6 is 23.5 Å². The number of ether oxygens (including phenoxy) is 1. The third kappa shape index (κ3) is 7.20. The lowest BCUT2D eigenvalue weighted by Gasteiger charge is -2.40. The van der Waals surface area contributed by atoms with Crippen molar-refractivity contribution >= 4 is 23.5 Å². The quantitative estimate of drug-likeness (QED) is 0.194. The van der Waals surface area contributed by atoms with Crippen molar-refractivity contribution in [3.8, 4) is 0 Å². The zero-order valence-corrected chi connectivity index (χ0v) is 29.4. The minimum Gasteiger partial charge on any atom is -0.372 e. The number of nitrogens with zero attached hydrogens (tertiary/aromatic N) is 2. The van der Waals surface area contributed by atoms with E-state index >= 15 is 0 Å². The summed E-state index contributed by atoms with van der Waals surface area (Å²) in [5.74, 6) is 0.516. The molecule has 0 aliphatic carbocycles. The number of piperazine rings is 1. The van der Waals surface area contributed by atoms with Crippen molar-refractivity contribution in [3.05, 3.63) is 118 Å². The maximum absolute atomic E-state index is 14.3. The first kappa shape index (κ1) is 32.8. The van der Waals surface area contributed by atoms with Gasteiger partial charge in [0.1, 0.15) is 11.6 Å². The number of rotatable bonds is 7. The summed E-state index contributed by atoms with van der Waals surface area (Å²) < 4.78 is 35.1. The van der Waals surface area contributed by atoms with Crippen molar-refractivity contribution in [2.24, 2.45) is 0 Å². The molecular formula is C40H44F2N2OS2. The lowest BCUT2D eigenvalue weighted by atomic mass is 9.93. The summed E-state index contributed by atoms with van der Waals surface area (Å²) in [6.45, 7) is 14.4. The molecule has 0 unspecified atom stereocenters. The van der Waals surface area contributed by atoms with Gasteiger partial charge < -0.3 is 4.74 Å². The second kappa shape index (κ2) is 14.0. The maximum Gasteiger partial charge on any atom is 0.124 e. The highest BCUT2D eigenvalue weighted by Gasteiger charge is 2.31. The van der Waals surface area contributed by atoms with Crippen molar-refractivity contribution in [1.82, 2.24) is 9.80 Å². The van der Waals surface area contributed by atoms with Gasteiger partial charge in [-0.2, -0.15) is 0 Å². The number of benzene rings is 4. The van der Waals surface area contributed by atoms with Crippen LogP contribution in [-0.2, 0) is 17.6 Å². The minimum atomic E-state index is -0.195. The number of halogens is 2. The summed E-state index contributed by atoms with van der Waals surface area (Å²) in [7, 11) is 0. The van der Waals surface area contributed by atoms with Crippen LogP contribution in [-0.4, -0.2) is 49.1 Å². The van der Waals surface area contributed by atoms with Gasteiger partial charge in [-0.1, -0.05) is 87.6 Å². The Morgan fingerprint density at radius 2 is 1.21 bits per heavy atom. The van der Waals surface area contributed by atoms with Gasteiger partial charge in [0, 0.05) is 64.8 Å². The predicted molar refractivity (Wildman–Crippen MR) is 189 cm³/mol. The fourth-order valence-electron chi connectivity index (χ4n) is 7.10. The molecule has 0 saturated carbocycles. The van der Waals surface area contributed by atoms with Gasteiger partial charge in [-0.05, 0) is 88.0 Å². The Morgan fingerprint density at radius 3 is 1.81 bits per heavy atom. The van der Waals surface area contributed by atoms with E-state index in [-0.39, 0.29) is 23.8 Å². The highest BCUT2D eigenvalue weighted by Crippen LogP contribution is 2.45. The maximum atomic E-state index is 14.3. The molecule has 7 heteroatoms. The molecule has 0 amide bonds. The van der Waals surface area contributed by atoms with E-state index in [9.17, 15) is 8.78 Å². The Kier molecular flexibility index (Phi) is 9.82. The first-order valence-electron chi connectivity index (χ1n) is 17.0. The molecule has 1 saturated heterocycles. The lowest BCUT2D eigenvalue weighted by molar-refractivity contribution is 0.0204. The van der Waals surface area contributed by atoms with Crippen LogP contribution in [0.2, 0.25) is 0 Å². The molecule has 3 heterocycles. The van der Waals surface area contributed by atoms with Crippen LogP contribution in [0, 0.1) is 11.6 Å². The molecule has 1 fully saturated rings. The van der Waals surface area contributed by atoms with Gasteiger partial charge in [0.25, 0.3) is 0 Å². The molecule has 0 radical (unpaired) electrons. The molecule has 3 aliphatic heterocycles. The Labute approximate surface area is 287 Å². The fraction of sp³-hybridized carbons (Fsp3) is 0.400. The molecule has 47 heavy (non-hydrogen) atoms. The molecule has 246 valence electrons. The van der Waals surface area contributed by atoms with Gasteiger partial charge in [-0.15, -0.1) is 0 Å². The van der Waals surface area contributed by atoms with Gasteiger partial charge in [0.15, 0.2) is 0 Å². The fourth-order valence-corrected chi connectivity index (χ4v) is 9.37. The van der Waals surface area contributed by atoms with E-state index in [1.165, 1.54) is 32.7 Å². The molecule has 0 spiro atoms. The van der Waals surface area contributed by atoms with Gasteiger partial charge >= 0.3 is 0 Å². The Balaban J connectivity index is 1.04. The molecule has 4 aromatic carbocycles. The van der Waals surface area contributed by atoms with Crippen molar-refractivity contribution in [3.63, 3.8) is 0 Å². The topological polar surface area (TPSA) is 15.7 Å². The van der Waals surface area contributed by atoms with Crippen molar-refractivity contribution in [2.45, 2.75) is 84.1 Å². The molecule has 0 aromatic heterocycles. The van der Waals surface area contributed by atoms with Gasteiger partial charge in [0.2, 0.25) is 0 Å². The third-order valence-electron chi connectivity index (χ3n) is 10.00. The van der Waals surface area contributed by atoms with E-state index in [0.29, 0.717) is 18.4 Å². The van der Waals surface area contributed by atoms with Crippen LogP contribution in [0.25, 0.3) is 0 Å². The summed E-state index contributed by atoms with van der Waals surface area (Å²) in [6.07, 6.45) is 1.57. The van der Waals surface area contributed by atoms with Crippen molar-refractivity contribution in [2.75, 3.05) is 39.3 Å². The average Bonchev–Trinajstić information content (AvgIpc) is 3.31. The second-order valence-electron chi connectivity index (χ2n) is 13.8. The summed E-state index contributed by atoms with van der Waals surface area (Å²) in [6, 6.07) is 24.3. The number of fused-ring (bicyclic) bond motifs is 4. The van der Waals surface area contributed by atoms with Crippen LogP contribution in [0.1, 0.15) is 85.1 Å². The first-order chi connectivity index (χ1) is 22.7. The lowest BCUT2D eigenvalue weighted by Crippen LogP contribution is -2.48. The molecule has 3 aliphatic rings. The molecule has 2 atom stereocenters.